The van der Waals surface area contributed by atoms with Crippen molar-refractivity contribution in [2.24, 2.45) is 5.73 Å². The minimum absolute atomic E-state index is 0.257. The summed E-state index contributed by atoms with van der Waals surface area (Å²) in [5, 5.41) is 0. The van der Waals surface area contributed by atoms with E-state index < -0.39 is 0 Å². The van der Waals surface area contributed by atoms with Crippen molar-refractivity contribution in [3.63, 3.8) is 0 Å². The predicted octanol–water partition coefficient (Wildman–Crippen LogP) is 2.14. The molecule has 0 amide bonds. The molecule has 13 heavy (non-hydrogen) atoms. The van der Waals surface area contributed by atoms with Gasteiger partial charge in [-0.05, 0) is 25.2 Å². The lowest BCUT2D eigenvalue weighted by Crippen LogP contribution is -2.43. The Labute approximate surface area is 78.3 Å². The minimum Gasteiger partial charge on any atom is -0.447 e. The molecule has 2 N–H and O–H groups in total. The summed E-state index contributed by atoms with van der Waals surface area (Å²) in [6, 6.07) is 0. The number of hydrogen-bond donors (Lipinski definition) is 1. The average molecular weight is 180 g/mol. The molecule has 1 aromatic heterocycles. The molecular formula is C10H16N2O. The van der Waals surface area contributed by atoms with Gasteiger partial charge in [0.05, 0.1) is 11.2 Å². The molecule has 0 spiro atoms. The molecule has 3 heteroatoms. The Morgan fingerprint density at radius 2 is 2.23 bits per heavy atom. The van der Waals surface area contributed by atoms with E-state index in [1.807, 2.05) is 0 Å². The first-order valence-corrected chi connectivity index (χ1v) is 4.86. The van der Waals surface area contributed by atoms with Crippen molar-refractivity contribution < 1.29 is 4.42 Å². The van der Waals surface area contributed by atoms with Gasteiger partial charge in [0.2, 0.25) is 5.89 Å². The predicted molar refractivity (Wildman–Crippen MR) is 50.3 cm³/mol. The molecule has 1 saturated carbocycles. The zero-order valence-electron chi connectivity index (χ0n) is 8.21. The van der Waals surface area contributed by atoms with E-state index in [1.165, 1.54) is 6.42 Å². The van der Waals surface area contributed by atoms with Crippen molar-refractivity contribution >= 4 is 0 Å². The highest BCUT2D eigenvalue weighted by Gasteiger charge is 2.39. The molecule has 0 aliphatic heterocycles. The van der Waals surface area contributed by atoms with E-state index in [0.29, 0.717) is 5.92 Å². The Kier molecular flexibility index (Phi) is 1.91. The molecule has 0 aromatic carbocycles. The van der Waals surface area contributed by atoms with E-state index in [0.717, 1.165) is 24.4 Å². The molecule has 0 unspecified atom stereocenters. The fraction of sp³-hybridized carbons (Fsp3) is 0.700. The Balaban J connectivity index is 2.22. The highest BCUT2D eigenvalue weighted by Crippen LogP contribution is 2.38. The van der Waals surface area contributed by atoms with Gasteiger partial charge in [-0.15, -0.1) is 0 Å². The maximum Gasteiger partial charge on any atom is 0.214 e. The molecule has 0 saturated heterocycles. The van der Waals surface area contributed by atoms with Crippen LogP contribution in [0.2, 0.25) is 0 Å². The maximum absolute atomic E-state index is 6.08. The van der Waals surface area contributed by atoms with Crippen LogP contribution in [0.15, 0.2) is 10.7 Å². The molecule has 1 aliphatic carbocycles. The number of rotatable bonds is 2. The SMILES string of the molecule is CC(C)c1coc(C2(N)CCC2)n1. The molecule has 72 valence electrons. The van der Waals surface area contributed by atoms with Crippen LogP contribution in [0.4, 0.5) is 0 Å². The third-order valence-corrected chi connectivity index (χ3v) is 2.79. The summed E-state index contributed by atoms with van der Waals surface area (Å²) < 4.78 is 5.40. The van der Waals surface area contributed by atoms with Crippen LogP contribution >= 0.6 is 0 Å². The van der Waals surface area contributed by atoms with Crippen LogP contribution in [-0.2, 0) is 5.54 Å². The number of nitrogens with zero attached hydrogens (tertiary/aromatic N) is 1. The standard InChI is InChI=1S/C10H16N2O/c1-7(2)8-6-13-9(12-8)10(11)4-3-5-10/h6-7H,3-5,11H2,1-2H3. The van der Waals surface area contributed by atoms with Crippen molar-refractivity contribution in [1.82, 2.24) is 4.98 Å². The Hall–Kier alpha value is -0.830. The molecule has 1 aliphatic rings. The maximum atomic E-state index is 6.08. The van der Waals surface area contributed by atoms with Crippen LogP contribution in [0, 0.1) is 0 Å². The summed E-state index contributed by atoms with van der Waals surface area (Å²) >= 11 is 0. The van der Waals surface area contributed by atoms with Crippen LogP contribution in [0.3, 0.4) is 0 Å². The van der Waals surface area contributed by atoms with Crippen molar-refractivity contribution in [2.75, 3.05) is 0 Å². The highest BCUT2D eigenvalue weighted by molar-refractivity contribution is 5.11. The fourth-order valence-corrected chi connectivity index (χ4v) is 1.55. The van der Waals surface area contributed by atoms with Gasteiger partial charge in [0.15, 0.2) is 0 Å². The molecule has 1 heterocycles. The molecule has 2 rings (SSSR count). The second-order valence-corrected chi connectivity index (χ2v) is 4.24. The zero-order valence-corrected chi connectivity index (χ0v) is 8.21. The molecule has 0 radical (unpaired) electrons. The molecular weight excluding hydrogens is 164 g/mol. The van der Waals surface area contributed by atoms with E-state index in [1.54, 1.807) is 6.26 Å². The lowest BCUT2D eigenvalue weighted by Gasteiger charge is -2.34. The monoisotopic (exact) mass is 180 g/mol. The summed E-state index contributed by atoms with van der Waals surface area (Å²) in [6.45, 7) is 4.21. The topological polar surface area (TPSA) is 52.0 Å². The van der Waals surface area contributed by atoms with Gasteiger partial charge in [0.25, 0.3) is 0 Å². The molecule has 0 bridgehead atoms. The van der Waals surface area contributed by atoms with Gasteiger partial charge in [0, 0.05) is 0 Å². The van der Waals surface area contributed by atoms with E-state index in [2.05, 4.69) is 18.8 Å². The van der Waals surface area contributed by atoms with E-state index >= 15 is 0 Å². The molecule has 1 fully saturated rings. The Bertz CT molecular complexity index is 300. The van der Waals surface area contributed by atoms with E-state index in [-0.39, 0.29) is 5.54 Å². The Morgan fingerprint density at radius 3 is 2.62 bits per heavy atom. The van der Waals surface area contributed by atoms with Crippen molar-refractivity contribution in [2.45, 2.75) is 44.6 Å². The number of nitrogens with two attached hydrogens (primary N) is 1. The quantitative estimate of drug-likeness (QED) is 0.758. The first-order valence-electron chi connectivity index (χ1n) is 4.86. The van der Waals surface area contributed by atoms with Gasteiger partial charge in [0.1, 0.15) is 6.26 Å². The summed E-state index contributed by atoms with van der Waals surface area (Å²) in [4.78, 5) is 4.41. The lowest BCUT2D eigenvalue weighted by atomic mass is 9.78. The summed E-state index contributed by atoms with van der Waals surface area (Å²) in [6.07, 6.45) is 4.93. The van der Waals surface area contributed by atoms with Crippen molar-refractivity contribution in [1.29, 1.82) is 0 Å². The van der Waals surface area contributed by atoms with Gasteiger partial charge < -0.3 is 10.2 Å². The Morgan fingerprint density at radius 1 is 1.54 bits per heavy atom. The zero-order chi connectivity index (χ0) is 9.47. The normalized spacial score (nSPS) is 20.3. The van der Waals surface area contributed by atoms with E-state index in [9.17, 15) is 0 Å². The van der Waals surface area contributed by atoms with Crippen LogP contribution in [-0.4, -0.2) is 4.98 Å². The van der Waals surface area contributed by atoms with Gasteiger partial charge >= 0.3 is 0 Å². The van der Waals surface area contributed by atoms with Crippen molar-refractivity contribution in [3.05, 3.63) is 17.8 Å². The minimum atomic E-state index is -0.257. The van der Waals surface area contributed by atoms with Crippen LogP contribution in [0.1, 0.15) is 50.6 Å². The van der Waals surface area contributed by atoms with E-state index in [4.69, 9.17) is 10.2 Å². The summed E-state index contributed by atoms with van der Waals surface area (Å²) in [7, 11) is 0. The fourth-order valence-electron chi connectivity index (χ4n) is 1.55. The number of aromatic nitrogens is 1. The summed E-state index contributed by atoms with van der Waals surface area (Å²) in [5.74, 6) is 1.14. The summed E-state index contributed by atoms with van der Waals surface area (Å²) in [5.41, 5.74) is 6.83. The first-order chi connectivity index (χ1) is 6.12. The van der Waals surface area contributed by atoms with Crippen LogP contribution < -0.4 is 5.73 Å². The molecule has 0 atom stereocenters. The average Bonchev–Trinajstić information content (AvgIpc) is 2.48. The van der Waals surface area contributed by atoms with Gasteiger partial charge in [-0.2, -0.15) is 0 Å². The van der Waals surface area contributed by atoms with Gasteiger partial charge in [-0.3, -0.25) is 0 Å². The lowest BCUT2D eigenvalue weighted by molar-refractivity contribution is 0.198. The number of hydrogen-bond acceptors (Lipinski definition) is 3. The third-order valence-electron chi connectivity index (χ3n) is 2.79. The van der Waals surface area contributed by atoms with Crippen LogP contribution in [0.25, 0.3) is 0 Å². The third kappa shape index (κ3) is 1.37. The second-order valence-electron chi connectivity index (χ2n) is 4.24. The number of oxazole rings is 1. The van der Waals surface area contributed by atoms with Gasteiger partial charge in [-0.1, -0.05) is 13.8 Å². The molecule has 1 aromatic rings. The highest BCUT2D eigenvalue weighted by atomic mass is 16.3. The largest absolute Gasteiger partial charge is 0.447 e. The van der Waals surface area contributed by atoms with Crippen LogP contribution in [0.5, 0.6) is 0 Å². The first kappa shape index (κ1) is 8.75. The van der Waals surface area contributed by atoms with Gasteiger partial charge in [-0.25, -0.2) is 4.98 Å². The molecule has 3 nitrogen and oxygen atoms in total. The second kappa shape index (κ2) is 2.84. The van der Waals surface area contributed by atoms with Crippen molar-refractivity contribution in [3.8, 4) is 0 Å². The smallest absolute Gasteiger partial charge is 0.214 e.